The van der Waals surface area contributed by atoms with E-state index in [0.717, 1.165) is 37.4 Å². The van der Waals surface area contributed by atoms with Gasteiger partial charge in [0.25, 0.3) is 0 Å². The molecule has 1 aliphatic heterocycles. The zero-order chi connectivity index (χ0) is 11.0. The molecule has 0 saturated carbocycles. The minimum atomic E-state index is 0.140. The molecule has 3 rings (SSSR count). The number of aromatic nitrogens is 4. The van der Waals surface area contributed by atoms with Crippen LogP contribution in [0.5, 0.6) is 0 Å². The Morgan fingerprint density at radius 3 is 3.19 bits per heavy atom. The molecule has 0 spiro atoms. The standard InChI is InChI=1S/C11H15N5/c1-2-11(3-4-13-8-11)10-15-14-9-7-12-5-6-16(9)10/h5-7,13H,2-4,8H2,1H3. The van der Waals surface area contributed by atoms with Crippen molar-refractivity contribution in [1.29, 1.82) is 0 Å². The fraction of sp³-hybridized carbons (Fsp3) is 0.545. The van der Waals surface area contributed by atoms with Crippen LogP contribution in [-0.4, -0.2) is 32.7 Å². The van der Waals surface area contributed by atoms with Crippen LogP contribution < -0.4 is 5.32 Å². The second-order valence-corrected chi connectivity index (χ2v) is 4.39. The van der Waals surface area contributed by atoms with Gasteiger partial charge in [0.2, 0.25) is 0 Å². The van der Waals surface area contributed by atoms with Gasteiger partial charge in [-0.3, -0.25) is 9.38 Å². The van der Waals surface area contributed by atoms with E-state index in [-0.39, 0.29) is 5.41 Å². The Hall–Kier alpha value is -1.49. The summed E-state index contributed by atoms with van der Waals surface area (Å²) in [6.45, 7) is 4.27. The number of fused-ring (bicyclic) bond motifs is 1. The third-order valence-electron chi connectivity index (χ3n) is 3.61. The molecule has 1 unspecified atom stereocenters. The number of hydrogen-bond donors (Lipinski definition) is 1. The Bertz CT molecular complexity index is 498. The molecule has 1 fully saturated rings. The molecule has 5 nitrogen and oxygen atoms in total. The van der Waals surface area contributed by atoms with Gasteiger partial charge in [-0.05, 0) is 19.4 Å². The Morgan fingerprint density at radius 2 is 2.44 bits per heavy atom. The van der Waals surface area contributed by atoms with Crippen LogP contribution in [-0.2, 0) is 5.41 Å². The normalized spacial score (nSPS) is 25.3. The largest absolute Gasteiger partial charge is 0.316 e. The van der Waals surface area contributed by atoms with E-state index in [1.165, 1.54) is 0 Å². The minimum Gasteiger partial charge on any atom is -0.316 e. The Labute approximate surface area is 93.9 Å². The monoisotopic (exact) mass is 217 g/mol. The molecule has 0 aromatic carbocycles. The maximum Gasteiger partial charge on any atom is 0.179 e. The Kier molecular flexibility index (Phi) is 2.14. The molecule has 2 aromatic heterocycles. The van der Waals surface area contributed by atoms with Crippen molar-refractivity contribution in [1.82, 2.24) is 24.9 Å². The maximum atomic E-state index is 4.35. The Balaban J connectivity index is 2.17. The van der Waals surface area contributed by atoms with E-state index in [0.29, 0.717) is 0 Å². The van der Waals surface area contributed by atoms with Crippen LogP contribution in [0.2, 0.25) is 0 Å². The molecule has 5 heteroatoms. The topological polar surface area (TPSA) is 55.1 Å². The molecular weight excluding hydrogens is 202 g/mol. The van der Waals surface area contributed by atoms with E-state index in [4.69, 9.17) is 0 Å². The summed E-state index contributed by atoms with van der Waals surface area (Å²) in [5.74, 6) is 1.07. The highest BCUT2D eigenvalue weighted by Crippen LogP contribution is 2.32. The predicted molar refractivity (Wildman–Crippen MR) is 60.2 cm³/mol. The predicted octanol–water partition coefficient (Wildman–Crippen LogP) is 0.765. The van der Waals surface area contributed by atoms with E-state index >= 15 is 0 Å². The fourth-order valence-corrected chi connectivity index (χ4v) is 2.51. The summed E-state index contributed by atoms with van der Waals surface area (Å²) in [4.78, 5) is 4.06. The highest BCUT2D eigenvalue weighted by Gasteiger charge is 2.37. The van der Waals surface area contributed by atoms with Gasteiger partial charge in [0.05, 0.1) is 6.20 Å². The Morgan fingerprint density at radius 1 is 1.50 bits per heavy atom. The van der Waals surface area contributed by atoms with Crippen LogP contribution in [0.1, 0.15) is 25.6 Å². The molecule has 1 atom stereocenters. The zero-order valence-electron chi connectivity index (χ0n) is 9.35. The summed E-state index contributed by atoms with van der Waals surface area (Å²) < 4.78 is 2.06. The average molecular weight is 217 g/mol. The van der Waals surface area contributed by atoms with Crippen molar-refractivity contribution in [3.05, 3.63) is 24.4 Å². The lowest BCUT2D eigenvalue weighted by atomic mass is 9.83. The molecule has 0 aliphatic carbocycles. The van der Waals surface area contributed by atoms with Gasteiger partial charge in [0.1, 0.15) is 5.82 Å². The third kappa shape index (κ3) is 1.24. The number of rotatable bonds is 2. The van der Waals surface area contributed by atoms with Crippen LogP contribution in [0.4, 0.5) is 0 Å². The smallest absolute Gasteiger partial charge is 0.179 e. The molecule has 1 saturated heterocycles. The molecule has 1 N–H and O–H groups in total. The summed E-state index contributed by atoms with van der Waals surface area (Å²) in [5, 5.41) is 12.0. The molecule has 0 radical (unpaired) electrons. The molecular formula is C11H15N5. The van der Waals surface area contributed by atoms with E-state index in [2.05, 4.69) is 31.8 Å². The van der Waals surface area contributed by atoms with Crippen LogP contribution in [0.25, 0.3) is 5.65 Å². The molecule has 0 amide bonds. The number of nitrogens with one attached hydrogen (secondary N) is 1. The summed E-state index contributed by atoms with van der Waals surface area (Å²) in [6.07, 6.45) is 7.70. The van der Waals surface area contributed by atoms with E-state index in [1.807, 2.05) is 6.20 Å². The zero-order valence-corrected chi connectivity index (χ0v) is 9.35. The van der Waals surface area contributed by atoms with Crippen molar-refractivity contribution in [3.8, 4) is 0 Å². The van der Waals surface area contributed by atoms with E-state index < -0.39 is 0 Å². The van der Waals surface area contributed by atoms with Crippen LogP contribution in [0.3, 0.4) is 0 Å². The highest BCUT2D eigenvalue weighted by molar-refractivity contribution is 5.36. The van der Waals surface area contributed by atoms with Crippen LogP contribution in [0.15, 0.2) is 18.6 Å². The SMILES string of the molecule is CCC1(c2nnc3cnccn23)CCNC1. The maximum absolute atomic E-state index is 4.35. The van der Waals surface area contributed by atoms with Gasteiger partial charge in [-0.15, -0.1) is 10.2 Å². The van der Waals surface area contributed by atoms with Gasteiger partial charge >= 0.3 is 0 Å². The van der Waals surface area contributed by atoms with Crippen molar-refractivity contribution in [2.75, 3.05) is 13.1 Å². The molecule has 16 heavy (non-hydrogen) atoms. The van der Waals surface area contributed by atoms with Gasteiger partial charge < -0.3 is 5.32 Å². The first-order valence-corrected chi connectivity index (χ1v) is 5.72. The van der Waals surface area contributed by atoms with Crippen LogP contribution >= 0.6 is 0 Å². The lowest BCUT2D eigenvalue weighted by molar-refractivity contribution is 0.421. The average Bonchev–Trinajstić information content (AvgIpc) is 2.96. The summed E-state index contributed by atoms with van der Waals surface area (Å²) >= 11 is 0. The molecule has 3 heterocycles. The van der Waals surface area contributed by atoms with Crippen molar-refractivity contribution >= 4 is 5.65 Å². The minimum absolute atomic E-state index is 0.140. The fourth-order valence-electron chi connectivity index (χ4n) is 2.51. The third-order valence-corrected chi connectivity index (χ3v) is 3.61. The van der Waals surface area contributed by atoms with Crippen molar-refractivity contribution in [3.63, 3.8) is 0 Å². The second-order valence-electron chi connectivity index (χ2n) is 4.39. The first-order chi connectivity index (χ1) is 7.86. The van der Waals surface area contributed by atoms with E-state index in [1.54, 1.807) is 12.4 Å². The van der Waals surface area contributed by atoms with Crippen molar-refractivity contribution in [2.24, 2.45) is 0 Å². The number of hydrogen-bond acceptors (Lipinski definition) is 4. The first-order valence-electron chi connectivity index (χ1n) is 5.72. The molecule has 0 bridgehead atoms. The molecule has 84 valence electrons. The van der Waals surface area contributed by atoms with Gasteiger partial charge in [-0.1, -0.05) is 6.92 Å². The van der Waals surface area contributed by atoms with Gasteiger partial charge in [0, 0.05) is 24.4 Å². The second kappa shape index (κ2) is 3.52. The van der Waals surface area contributed by atoms with E-state index in [9.17, 15) is 0 Å². The lowest BCUT2D eigenvalue weighted by Gasteiger charge is -2.24. The summed E-state index contributed by atoms with van der Waals surface area (Å²) in [7, 11) is 0. The van der Waals surface area contributed by atoms with Gasteiger partial charge in [-0.2, -0.15) is 0 Å². The first kappa shape index (κ1) is 9.72. The highest BCUT2D eigenvalue weighted by atomic mass is 15.3. The molecule has 1 aliphatic rings. The quantitative estimate of drug-likeness (QED) is 0.807. The number of nitrogens with zero attached hydrogens (tertiary/aromatic N) is 4. The summed E-state index contributed by atoms with van der Waals surface area (Å²) in [6, 6.07) is 0. The lowest BCUT2D eigenvalue weighted by Crippen LogP contribution is -2.30. The van der Waals surface area contributed by atoms with Crippen molar-refractivity contribution < 1.29 is 0 Å². The van der Waals surface area contributed by atoms with Crippen LogP contribution in [0, 0.1) is 0 Å². The van der Waals surface area contributed by atoms with Gasteiger partial charge in [-0.25, -0.2) is 0 Å². The molecule has 2 aromatic rings. The van der Waals surface area contributed by atoms with Crippen molar-refractivity contribution in [2.45, 2.75) is 25.2 Å². The summed E-state index contributed by atoms with van der Waals surface area (Å²) in [5.41, 5.74) is 0.970. The van der Waals surface area contributed by atoms with Gasteiger partial charge in [0.15, 0.2) is 5.65 Å².